The topological polar surface area (TPSA) is 80.9 Å². The summed E-state index contributed by atoms with van der Waals surface area (Å²) < 4.78 is 19.5. The van der Waals surface area contributed by atoms with E-state index in [1.165, 1.54) is 12.1 Å². The van der Waals surface area contributed by atoms with Crippen LogP contribution in [0.15, 0.2) is 58.0 Å². The fourth-order valence-electron chi connectivity index (χ4n) is 2.84. The number of fused-ring (bicyclic) bond motifs is 1. The zero-order chi connectivity index (χ0) is 17.4. The van der Waals surface area contributed by atoms with Crippen LogP contribution in [0.1, 0.15) is 15.9 Å². The van der Waals surface area contributed by atoms with Gasteiger partial charge in [0.1, 0.15) is 5.82 Å². The molecule has 0 amide bonds. The smallest absolute Gasteiger partial charge is 0.342 e. The number of carbonyl (C=O) groups excluding carboxylic acids is 1. The highest BCUT2D eigenvalue weighted by molar-refractivity contribution is 5.99. The quantitative estimate of drug-likeness (QED) is 0.581. The van der Waals surface area contributed by atoms with Gasteiger partial charge in [-0.3, -0.25) is 14.3 Å². The lowest BCUT2D eigenvalue weighted by Crippen LogP contribution is -1.98. The minimum absolute atomic E-state index is 0.291. The van der Waals surface area contributed by atoms with E-state index in [0.29, 0.717) is 23.5 Å². The molecule has 2 aromatic heterocycles. The maximum atomic E-state index is 13.1. The van der Waals surface area contributed by atoms with Crippen molar-refractivity contribution < 1.29 is 13.7 Å². The zero-order valence-corrected chi connectivity index (χ0v) is 12.9. The number of nitrogens with one attached hydrogen (secondary N) is 1. The van der Waals surface area contributed by atoms with Gasteiger partial charge in [0.15, 0.2) is 12.1 Å². The summed E-state index contributed by atoms with van der Waals surface area (Å²) in [6.07, 6.45) is 2.52. The number of carbonyl (C=O) groups is 1. The first-order valence-corrected chi connectivity index (χ1v) is 7.53. The van der Waals surface area contributed by atoms with E-state index in [2.05, 4.69) is 14.7 Å². The van der Waals surface area contributed by atoms with Crippen LogP contribution >= 0.6 is 0 Å². The van der Waals surface area contributed by atoms with Gasteiger partial charge in [0.2, 0.25) is 0 Å². The van der Waals surface area contributed by atoms with Gasteiger partial charge in [0.05, 0.1) is 0 Å². The molecule has 0 fully saturated rings. The van der Waals surface area contributed by atoms with E-state index < -0.39 is 5.76 Å². The van der Waals surface area contributed by atoms with Crippen LogP contribution in [0.25, 0.3) is 22.3 Å². The zero-order valence-electron chi connectivity index (χ0n) is 12.9. The molecule has 4 rings (SSSR count). The lowest BCUT2D eigenvalue weighted by molar-refractivity contribution is 0.112. The van der Waals surface area contributed by atoms with Crippen molar-refractivity contribution in [1.82, 2.24) is 14.7 Å². The van der Waals surface area contributed by atoms with Crippen LogP contribution in [0.5, 0.6) is 0 Å². The Morgan fingerprint density at radius 2 is 2.00 bits per heavy atom. The minimum atomic E-state index is -0.639. The average Bonchev–Trinajstić information content (AvgIpc) is 3.20. The molecule has 4 aromatic rings. The molecule has 0 saturated carbocycles. The molecular formula is C18H12FN3O3. The molecule has 0 unspecified atom stereocenters. The highest BCUT2D eigenvalue weighted by Gasteiger charge is 2.12. The Balaban J connectivity index is 1.79. The molecule has 0 atom stereocenters. The first-order valence-electron chi connectivity index (χ1n) is 7.53. The lowest BCUT2D eigenvalue weighted by atomic mass is 10.1. The van der Waals surface area contributed by atoms with Crippen molar-refractivity contribution in [1.29, 1.82) is 0 Å². The van der Waals surface area contributed by atoms with Crippen molar-refractivity contribution in [3.8, 4) is 11.4 Å². The molecule has 0 aliphatic heterocycles. The Kier molecular flexibility index (Phi) is 3.53. The molecule has 0 saturated heterocycles. The van der Waals surface area contributed by atoms with Gasteiger partial charge in [-0.05, 0) is 35.9 Å². The number of hydrogen-bond acceptors (Lipinski definition) is 4. The van der Waals surface area contributed by atoms with Gasteiger partial charge in [0, 0.05) is 34.8 Å². The van der Waals surface area contributed by atoms with Crippen molar-refractivity contribution in [2.24, 2.45) is 0 Å². The lowest BCUT2D eigenvalue weighted by Gasteiger charge is -2.06. The maximum Gasteiger partial charge on any atom is 0.439 e. The van der Waals surface area contributed by atoms with Crippen LogP contribution in [0.2, 0.25) is 0 Å². The number of nitrogens with zero attached hydrogens (tertiary/aromatic N) is 2. The summed E-state index contributed by atoms with van der Waals surface area (Å²) in [4.78, 5) is 25.0. The number of aldehydes is 1. The summed E-state index contributed by atoms with van der Waals surface area (Å²) in [5, 5.41) is 4.39. The van der Waals surface area contributed by atoms with Crippen LogP contribution in [0.3, 0.4) is 0 Å². The summed E-state index contributed by atoms with van der Waals surface area (Å²) >= 11 is 0. The fourth-order valence-corrected chi connectivity index (χ4v) is 2.84. The molecule has 0 aliphatic carbocycles. The van der Waals surface area contributed by atoms with Crippen LogP contribution in [0, 0.1) is 5.82 Å². The average molecular weight is 337 g/mol. The number of hydrogen-bond donors (Lipinski definition) is 1. The van der Waals surface area contributed by atoms with E-state index in [0.717, 1.165) is 22.8 Å². The molecule has 0 spiro atoms. The van der Waals surface area contributed by atoms with Crippen LogP contribution < -0.4 is 5.76 Å². The number of halogens is 1. The summed E-state index contributed by atoms with van der Waals surface area (Å²) in [6.45, 7) is 0.505. The Bertz CT molecular complexity index is 1120. The molecule has 6 nitrogen and oxygen atoms in total. The van der Waals surface area contributed by atoms with Gasteiger partial charge >= 0.3 is 5.76 Å². The molecule has 0 bridgehead atoms. The molecule has 7 heteroatoms. The van der Waals surface area contributed by atoms with Gasteiger partial charge in [-0.2, -0.15) is 0 Å². The molecule has 124 valence electrons. The van der Waals surface area contributed by atoms with Crippen molar-refractivity contribution in [2.75, 3.05) is 0 Å². The third kappa shape index (κ3) is 2.76. The molecule has 0 aliphatic rings. The molecule has 25 heavy (non-hydrogen) atoms. The van der Waals surface area contributed by atoms with Crippen molar-refractivity contribution in [3.05, 3.63) is 76.2 Å². The van der Waals surface area contributed by atoms with Crippen LogP contribution in [-0.2, 0) is 6.54 Å². The highest BCUT2D eigenvalue weighted by atomic mass is 19.1. The number of rotatable bonds is 4. The largest absolute Gasteiger partial charge is 0.439 e. The number of benzene rings is 2. The molecule has 0 radical (unpaired) electrons. The van der Waals surface area contributed by atoms with Crippen molar-refractivity contribution in [2.45, 2.75) is 6.54 Å². The van der Waals surface area contributed by atoms with E-state index in [-0.39, 0.29) is 5.82 Å². The Morgan fingerprint density at radius 1 is 1.20 bits per heavy atom. The first-order chi connectivity index (χ1) is 12.1. The second-order valence-electron chi connectivity index (χ2n) is 5.63. The van der Waals surface area contributed by atoms with E-state index in [1.54, 1.807) is 30.5 Å². The number of aromatic amines is 1. The minimum Gasteiger partial charge on any atom is -0.342 e. The van der Waals surface area contributed by atoms with E-state index in [9.17, 15) is 14.0 Å². The van der Waals surface area contributed by atoms with Gasteiger partial charge in [-0.15, -0.1) is 0 Å². The molecule has 2 aromatic carbocycles. The second-order valence-corrected chi connectivity index (χ2v) is 5.63. The number of H-pyrrole nitrogens is 1. The summed E-state index contributed by atoms with van der Waals surface area (Å²) in [5.41, 5.74) is 2.92. The fraction of sp³-hybridized carbons (Fsp3) is 0.0556. The Labute approximate surface area is 140 Å². The Morgan fingerprint density at radius 3 is 2.68 bits per heavy atom. The summed E-state index contributed by atoms with van der Waals surface area (Å²) in [6, 6.07) is 11.6. The molecular weight excluding hydrogens is 325 g/mol. The maximum absolute atomic E-state index is 13.1. The molecule has 2 heterocycles. The van der Waals surface area contributed by atoms with Crippen molar-refractivity contribution in [3.63, 3.8) is 0 Å². The number of aromatic nitrogens is 3. The van der Waals surface area contributed by atoms with Gasteiger partial charge in [-0.1, -0.05) is 17.3 Å². The summed E-state index contributed by atoms with van der Waals surface area (Å²) in [7, 11) is 0. The van der Waals surface area contributed by atoms with E-state index >= 15 is 0 Å². The standard InChI is InChI=1S/C18H12FN3O3/c19-14-4-1-11(2-5-14)8-22-9-13(10-23)15-7-12(3-6-16(15)22)17-20-18(24)25-21-17/h1-7,9-10H,8H2,(H,20,21,24). The predicted molar refractivity (Wildman–Crippen MR) is 88.9 cm³/mol. The van der Waals surface area contributed by atoms with Crippen molar-refractivity contribution >= 4 is 17.2 Å². The normalized spacial score (nSPS) is 11.1. The molecule has 1 N–H and O–H groups in total. The third-order valence-corrected chi connectivity index (χ3v) is 4.02. The van der Waals surface area contributed by atoms with Gasteiger partial charge < -0.3 is 4.57 Å². The predicted octanol–water partition coefficient (Wildman–Crippen LogP) is 2.98. The Hall–Kier alpha value is -3.48. The van der Waals surface area contributed by atoms with Crippen LogP contribution in [-0.4, -0.2) is 21.0 Å². The SMILES string of the molecule is O=Cc1cn(Cc2ccc(F)cc2)c2ccc(-c3noc(=O)[nH]3)cc12. The van der Waals surface area contributed by atoms with E-state index in [1.807, 2.05) is 10.6 Å². The van der Waals surface area contributed by atoms with Gasteiger partial charge in [0.25, 0.3) is 0 Å². The monoisotopic (exact) mass is 337 g/mol. The summed E-state index contributed by atoms with van der Waals surface area (Å²) in [5.74, 6) is -0.629. The second kappa shape index (κ2) is 5.86. The van der Waals surface area contributed by atoms with E-state index in [4.69, 9.17) is 0 Å². The van der Waals surface area contributed by atoms with Gasteiger partial charge in [-0.25, -0.2) is 9.18 Å². The highest BCUT2D eigenvalue weighted by Crippen LogP contribution is 2.26. The third-order valence-electron chi connectivity index (χ3n) is 4.02. The van der Waals surface area contributed by atoms with Crippen LogP contribution in [0.4, 0.5) is 4.39 Å². The first kappa shape index (κ1) is 15.1.